The summed E-state index contributed by atoms with van der Waals surface area (Å²) in [4.78, 5) is 0. The Morgan fingerprint density at radius 1 is 1.23 bits per heavy atom. The van der Waals surface area contributed by atoms with E-state index in [1.54, 1.807) is 0 Å². The van der Waals surface area contributed by atoms with E-state index in [2.05, 4.69) is 21.2 Å². The number of halogens is 1. The third kappa shape index (κ3) is 2.03. The number of anilines is 1. The molecule has 2 nitrogen and oxygen atoms in total. The van der Waals surface area contributed by atoms with Crippen LogP contribution in [0.4, 0.5) is 5.69 Å². The first-order valence-corrected chi connectivity index (χ1v) is 5.25. The molecule has 0 amide bonds. The minimum absolute atomic E-state index is 0.163. The van der Waals surface area contributed by atoms with Crippen LogP contribution in [0.5, 0.6) is 0 Å². The molecular weight excluding hydrogens is 230 g/mol. The molecule has 1 aliphatic carbocycles. The molecule has 1 fully saturated rings. The molecule has 3 heteroatoms. The van der Waals surface area contributed by atoms with Crippen molar-refractivity contribution in [3.05, 3.63) is 28.7 Å². The minimum atomic E-state index is -0.163. The summed E-state index contributed by atoms with van der Waals surface area (Å²) in [7, 11) is 0. The van der Waals surface area contributed by atoms with Gasteiger partial charge in [-0.3, -0.25) is 0 Å². The number of hydrogen-bond donors (Lipinski definition) is 2. The third-order valence-electron chi connectivity index (χ3n) is 2.43. The smallest absolute Gasteiger partial charge is 0.0741 e. The van der Waals surface area contributed by atoms with E-state index in [9.17, 15) is 5.11 Å². The van der Waals surface area contributed by atoms with Gasteiger partial charge in [0.05, 0.1) is 12.1 Å². The summed E-state index contributed by atoms with van der Waals surface area (Å²) in [6.07, 6.45) is 1.83. The number of rotatable bonds is 2. The van der Waals surface area contributed by atoms with Crippen LogP contribution in [-0.2, 0) is 0 Å². The molecule has 2 N–H and O–H groups in total. The second kappa shape index (κ2) is 3.68. The molecule has 0 saturated heterocycles. The summed E-state index contributed by atoms with van der Waals surface area (Å²) in [5, 5.41) is 12.6. The fourth-order valence-corrected chi connectivity index (χ4v) is 1.68. The Hall–Kier alpha value is -0.540. The first-order chi connectivity index (χ1) is 6.25. The normalized spacial score (nSPS) is 26.6. The Kier molecular flexibility index (Phi) is 2.56. The average molecular weight is 242 g/mol. The highest BCUT2D eigenvalue weighted by Crippen LogP contribution is 2.24. The molecule has 2 atom stereocenters. The summed E-state index contributed by atoms with van der Waals surface area (Å²) in [6.45, 7) is 0. The van der Waals surface area contributed by atoms with E-state index in [0.29, 0.717) is 0 Å². The summed E-state index contributed by atoms with van der Waals surface area (Å²) in [6, 6.07) is 8.26. The van der Waals surface area contributed by atoms with Crippen LogP contribution in [-0.4, -0.2) is 17.3 Å². The highest BCUT2D eigenvalue weighted by atomic mass is 79.9. The molecule has 0 unspecified atom stereocenters. The van der Waals surface area contributed by atoms with Gasteiger partial charge in [0, 0.05) is 10.2 Å². The van der Waals surface area contributed by atoms with Crippen molar-refractivity contribution in [2.24, 2.45) is 0 Å². The van der Waals surface area contributed by atoms with Crippen molar-refractivity contribution >= 4 is 21.6 Å². The number of nitrogens with one attached hydrogen (secondary N) is 1. The molecule has 1 aliphatic rings. The van der Waals surface area contributed by atoms with Gasteiger partial charge < -0.3 is 10.4 Å². The zero-order valence-corrected chi connectivity index (χ0v) is 8.79. The van der Waals surface area contributed by atoms with E-state index in [1.807, 2.05) is 24.3 Å². The molecule has 0 radical (unpaired) electrons. The van der Waals surface area contributed by atoms with Gasteiger partial charge in [-0.2, -0.15) is 0 Å². The predicted octanol–water partition coefficient (Wildman–Crippen LogP) is 2.38. The van der Waals surface area contributed by atoms with E-state index in [4.69, 9.17) is 0 Å². The van der Waals surface area contributed by atoms with Crippen LogP contribution in [0, 0.1) is 0 Å². The van der Waals surface area contributed by atoms with Gasteiger partial charge in [-0.15, -0.1) is 0 Å². The maximum absolute atomic E-state index is 9.35. The van der Waals surface area contributed by atoms with E-state index in [-0.39, 0.29) is 12.1 Å². The van der Waals surface area contributed by atoms with E-state index in [1.165, 1.54) is 0 Å². The lowest BCUT2D eigenvalue weighted by Crippen LogP contribution is -2.42. The van der Waals surface area contributed by atoms with Crippen LogP contribution >= 0.6 is 15.9 Å². The van der Waals surface area contributed by atoms with Crippen molar-refractivity contribution in [2.45, 2.75) is 25.0 Å². The SMILES string of the molecule is O[C@H]1CC[C@@H]1Nc1ccc(Br)cc1. The van der Waals surface area contributed by atoms with E-state index in [0.717, 1.165) is 23.0 Å². The van der Waals surface area contributed by atoms with Crippen molar-refractivity contribution in [3.8, 4) is 0 Å². The second-order valence-corrected chi connectivity index (χ2v) is 4.32. The summed E-state index contributed by atoms with van der Waals surface area (Å²) < 4.78 is 1.08. The lowest BCUT2D eigenvalue weighted by Gasteiger charge is -2.33. The number of aliphatic hydroxyl groups is 1. The van der Waals surface area contributed by atoms with Gasteiger partial charge in [-0.1, -0.05) is 15.9 Å². The molecular formula is C10H12BrNO. The second-order valence-electron chi connectivity index (χ2n) is 3.40. The van der Waals surface area contributed by atoms with Crippen LogP contribution in [0.1, 0.15) is 12.8 Å². The van der Waals surface area contributed by atoms with Crippen LogP contribution in [0.3, 0.4) is 0 Å². The van der Waals surface area contributed by atoms with Gasteiger partial charge in [-0.05, 0) is 37.1 Å². The van der Waals surface area contributed by atoms with Gasteiger partial charge >= 0.3 is 0 Å². The van der Waals surface area contributed by atoms with Gasteiger partial charge in [0.2, 0.25) is 0 Å². The van der Waals surface area contributed by atoms with Gasteiger partial charge in [0.25, 0.3) is 0 Å². The largest absolute Gasteiger partial charge is 0.391 e. The van der Waals surface area contributed by atoms with Crippen molar-refractivity contribution in [3.63, 3.8) is 0 Å². The van der Waals surface area contributed by atoms with Crippen molar-refractivity contribution in [1.29, 1.82) is 0 Å². The van der Waals surface area contributed by atoms with Crippen LogP contribution in [0.2, 0.25) is 0 Å². The molecule has 1 aromatic carbocycles. The van der Waals surface area contributed by atoms with E-state index >= 15 is 0 Å². The van der Waals surface area contributed by atoms with Crippen LogP contribution < -0.4 is 5.32 Å². The van der Waals surface area contributed by atoms with E-state index < -0.39 is 0 Å². The lowest BCUT2D eigenvalue weighted by atomic mass is 9.89. The zero-order chi connectivity index (χ0) is 9.26. The molecule has 2 rings (SSSR count). The first kappa shape index (κ1) is 9.03. The van der Waals surface area contributed by atoms with Gasteiger partial charge in [0.15, 0.2) is 0 Å². The lowest BCUT2D eigenvalue weighted by molar-refractivity contribution is 0.0786. The molecule has 1 aromatic rings. The molecule has 0 aliphatic heterocycles. The Balaban J connectivity index is 1.98. The van der Waals surface area contributed by atoms with Crippen molar-refractivity contribution in [1.82, 2.24) is 0 Å². The minimum Gasteiger partial charge on any atom is -0.391 e. The van der Waals surface area contributed by atoms with Crippen LogP contribution in [0.25, 0.3) is 0 Å². The summed E-state index contributed by atoms with van der Waals surface area (Å²) in [5.41, 5.74) is 1.08. The quantitative estimate of drug-likeness (QED) is 0.834. The Bertz CT molecular complexity index is 285. The third-order valence-corrected chi connectivity index (χ3v) is 2.96. The molecule has 13 heavy (non-hydrogen) atoms. The van der Waals surface area contributed by atoms with Crippen molar-refractivity contribution < 1.29 is 5.11 Å². The van der Waals surface area contributed by atoms with Crippen molar-refractivity contribution in [2.75, 3.05) is 5.32 Å². The molecule has 1 saturated carbocycles. The Morgan fingerprint density at radius 3 is 2.38 bits per heavy atom. The maximum atomic E-state index is 9.35. The Labute approximate surface area is 86.1 Å². The number of benzene rings is 1. The molecule has 0 bridgehead atoms. The first-order valence-electron chi connectivity index (χ1n) is 4.46. The fraction of sp³-hybridized carbons (Fsp3) is 0.400. The fourth-order valence-electron chi connectivity index (χ4n) is 1.41. The number of hydrogen-bond acceptors (Lipinski definition) is 2. The summed E-state index contributed by atoms with van der Waals surface area (Å²) in [5.74, 6) is 0. The van der Waals surface area contributed by atoms with Crippen LogP contribution in [0.15, 0.2) is 28.7 Å². The summed E-state index contributed by atoms with van der Waals surface area (Å²) >= 11 is 3.38. The highest BCUT2D eigenvalue weighted by Gasteiger charge is 2.28. The molecule has 0 aromatic heterocycles. The Morgan fingerprint density at radius 2 is 1.92 bits per heavy atom. The zero-order valence-electron chi connectivity index (χ0n) is 7.20. The standard InChI is InChI=1S/C10H12BrNO/c11-7-1-3-8(4-2-7)12-9-5-6-10(9)13/h1-4,9-10,12-13H,5-6H2/t9-,10-/m0/s1. The average Bonchev–Trinajstić information content (AvgIpc) is 2.15. The molecule has 70 valence electrons. The topological polar surface area (TPSA) is 32.3 Å². The maximum Gasteiger partial charge on any atom is 0.0741 e. The molecule has 0 heterocycles. The highest BCUT2D eigenvalue weighted by molar-refractivity contribution is 9.10. The van der Waals surface area contributed by atoms with Gasteiger partial charge in [0.1, 0.15) is 0 Å². The van der Waals surface area contributed by atoms with Gasteiger partial charge in [-0.25, -0.2) is 0 Å². The predicted molar refractivity (Wildman–Crippen MR) is 56.8 cm³/mol. The monoisotopic (exact) mass is 241 g/mol. The molecule has 0 spiro atoms. The number of aliphatic hydroxyl groups excluding tert-OH is 1.